The van der Waals surface area contributed by atoms with Crippen molar-refractivity contribution in [2.75, 3.05) is 0 Å². The van der Waals surface area contributed by atoms with Gasteiger partial charge in [-0.1, -0.05) is 25.7 Å². The van der Waals surface area contributed by atoms with Gasteiger partial charge in [-0.05, 0) is 72.5 Å². The fourth-order valence-electron chi connectivity index (χ4n) is 3.96. The third kappa shape index (κ3) is 3.48. The third-order valence-electron chi connectivity index (χ3n) is 5.15. The van der Waals surface area contributed by atoms with Crippen molar-refractivity contribution < 1.29 is 0 Å². The molecule has 3 heteroatoms. The molecule has 0 aliphatic heterocycles. The van der Waals surface area contributed by atoms with Gasteiger partial charge in [0.05, 0.1) is 3.79 Å². The van der Waals surface area contributed by atoms with Gasteiger partial charge in [0.15, 0.2) is 0 Å². The second-order valence-corrected chi connectivity index (χ2v) is 9.10. The molecule has 3 rings (SSSR count). The molecular formula is C17H26BrNS. The van der Waals surface area contributed by atoms with Gasteiger partial charge in [0.2, 0.25) is 0 Å². The number of rotatable bonds is 3. The molecule has 0 bridgehead atoms. The molecule has 2 atom stereocenters. The molecule has 2 aliphatic carbocycles. The van der Waals surface area contributed by atoms with Gasteiger partial charge in [0, 0.05) is 17.0 Å². The van der Waals surface area contributed by atoms with Crippen LogP contribution in [0, 0.1) is 5.92 Å². The van der Waals surface area contributed by atoms with E-state index in [4.69, 9.17) is 0 Å². The second-order valence-electron chi connectivity index (χ2n) is 6.58. The van der Waals surface area contributed by atoms with Crippen LogP contribution >= 0.6 is 27.3 Å². The average Bonchev–Trinajstić information content (AvgIpc) is 2.64. The molecule has 0 radical (unpaired) electrons. The summed E-state index contributed by atoms with van der Waals surface area (Å²) in [5, 5.41) is 3.97. The van der Waals surface area contributed by atoms with E-state index in [1.807, 2.05) is 11.3 Å². The molecule has 2 aliphatic rings. The summed E-state index contributed by atoms with van der Waals surface area (Å²) in [6.07, 6.45) is 12.6. The van der Waals surface area contributed by atoms with Gasteiger partial charge in [-0.25, -0.2) is 0 Å². The Morgan fingerprint density at radius 3 is 2.65 bits per heavy atom. The van der Waals surface area contributed by atoms with Gasteiger partial charge < -0.3 is 5.32 Å². The SMILES string of the molecule is C[C@@H](NC1CCCc2sc(Br)cc21)C1CCCCCC1. The van der Waals surface area contributed by atoms with Gasteiger partial charge in [-0.2, -0.15) is 0 Å². The normalized spacial score (nSPS) is 26.0. The molecule has 1 fully saturated rings. The summed E-state index contributed by atoms with van der Waals surface area (Å²) in [5.74, 6) is 0.893. The van der Waals surface area contributed by atoms with Gasteiger partial charge >= 0.3 is 0 Å². The van der Waals surface area contributed by atoms with Crippen molar-refractivity contribution in [3.63, 3.8) is 0 Å². The van der Waals surface area contributed by atoms with Crippen LogP contribution in [0.4, 0.5) is 0 Å². The lowest BCUT2D eigenvalue weighted by Gasteiger charge is -2.31. The van der Waals surface area contributed by atoms with Crippen molar-refractivity contribution in [2.24, 2.45) is 5.92 Å². The minimum Gasteiger partial charge on any atom is -0.307 e. The van der Waals surface area contributed by atoms with E-state index in [0.29, 0.717) is 12.1 Å². The zero-order valence-corrected chi connectivity index (χ0v) is 14.9. The highest BCUT2D eigenvalue weighted by atomic mass is 79.9. The van der Waals surface area contributed by atoms with E-state index < -0.39 is 0 Å². The number of nitrogens with one attached hydrogen (secondary N) is 1. The van der Waals surface area contributed by atoms with E-state index in [-0.39, 0.29) is 0 Å². The highest BCUT2D eigenvalue weighted by Crippen LogP contribution is 2.38. The smallest absolute Gasteiger partial charge is 0.0704 e. The molecule has 0 spiro atoms. The molecule has 1 N–H and O–H groups in total. The van der Waals surface area contributed by atoms with Crippen molar-refractivity contribution in [1.29, 1.82) is 0 Å². The first kappa shape index (κ1) is 15.1. The summed E-state index contributed by atoms with van der Waals surface area (Å²) < 4.78 is 1.30. The molecule has 1 unspecified atom stereocenters. The number of thiophene rings is 1. The van der Waals surface area contributed by atoms with Crippen LogP contribution in [0.5, 0.6) is 0 Å². The van der Waals surface area contributed by atoms with Crippen molar-refractivity contribution in [3.05, 3.63) is 20.3 Å². The predicted molar refractivity (Wildman–Crippen MR) is 91.5 cm³/mol. The fraction of sp³-hybridized carbons (Fsp3) is 0.765. The van der Waals surface area contributed by atoms with Crippen LogP contribution in [-0.4, -0.2) is 6.04 Å². The number of fused-ring (bicyclic) bond motifs is 1. The Morgan fingerprint density at radius 1 is 1.15 bits per heavy atom. The quantitative estimate of drug-likeness (QED) is 0.671. The van der Waals surface area contributed by atoms with Crippen LogP contribution in [0.15, 0.2) is 9.85 Å². The summed E-state index contributed by atoms with van der Waals surface area (Å²) in [5.41, 5.74) is 1.58. The van der Waals surface area contributed by atoms with E-state index in [0.717, 1.165) is 5.92 Å². The molecule has 20 heavy (non-hydrogen) atoms. The highest BCUT2D eigenvalue weighted by Gasteiger charge is 2.26. The maximum atomic E-state index is 3.97. The third-order valence-corrected chi connectivity index (χ3v) is 6.87. The van der Waals surface area contributed by atoms with Crippen molar-refractivity contribution in [3.8, 4) is 0 Å². The Bertz CT molecular complexity index is 434. The van der Waals surface area contributed by atoms with Gasteiger partial charge in [0.1, 0.15) is 0 Å². The van der Waals surface area contributed by atoms with E-state index in [9.17, 15) is 0 Å². The first-order valence-electron chi connectivity index (χ1n) is 8.28. The van der Waals surface area contributed by atoms with Crippen molar-refractivity contribution in [2.45, 2.75) is 76.8 Å². The summed E-state index contributed by atoms with van der Waals surface area (Å²) in [7, 11) is 0. The number of halogens is 1. The van der Waals surface area contributed by atoms with E-state index >= 15 is 0 Å². The molecule has 0 saturated heterocycles. The Hall–Kier alpha value is 0.140. The lowest BCUT2D eigenvalue weighted by molar-refractivity contribution is 0.297. The number of aryl methyl sites for hydroxylation is 1. The van der Waals surface area contributed by atoms with E-state index in [1.54, 1.807) is 10.4 Å². The summed E-state index contributed by atoms with van der Waals surface area (Å²) >= 11 is 5.60. The molecule has 1 nitrogen and oxygen atoms in total. The van der Waals surface area contributed by atoms with Crippen molar-refractivity contribution >= 4 is 27.3 Å². The van der Waals surface area contributed by atoms with Crippen LogP contribution in [0.2, 0.25) is 0 Å². The average molecular weight is 356 g/mol. The van der Waals surface area contributed by atoms with Crippen molar-refractivity contribution in [1.82, 2.24) is 5.32 Å². The Kier molecular flexibility index (Phi) is 5.22. The molecule has 1 heterocycles. The maximum Gasteiger partial charge on any atom is 0.0704 e. The van der Waals surface area contributed by atoms with Gasteiger partial charge in [-0.3, -0.25) is 0 Å². The largest absolute Gasteiger partial charge is 0.307 e. The monoisotopic (exact) mass is 355 g/mol. The van der Waals surface area contributed by atoms with Crippen LogP contribution in [0.25, 0.3) is 0 Å². The number of hydrogen-bond acceptors (Lipinski definition) is 2. The standard InChI is InChI=1S/C17H26BrNS/c1-12(13-7-4-2-3-5-8-13)19-15-9-6-10-16-14(15)11-17(18)20-16/h11-13,15,19H,2-10H2,1H3/t12-,15?/m1/s1. The molecule has 1 saturated carbocycles. The highest BCUT2D eigenvalue weighted by molar-refractivity contribution is 9.11. The first-order valence-corrected chi connectivity index (χ1v) is 9.89. The summed E-state index contributed by atoms with van der Waals surface area (Å²) in [6.45, 7) is 2.42. The first-order chi connectivity index (χ1) is 9.74. The Morgan fingerprint density at radius 2 is 1.90 bits per heavy atom. The number of hydrogen-bond donors (Lipinski definition) is 1. The molecule has 1 aromatic rings. The van der Waals surface area contributed by atoms with E-state index in [2.05, 4.69) is 34.2 Å². The molecule has 0 aromatic carbocycles. The zero-order chi connectivity index (χ0) is 13.9. The molecule has 1 aromatic heterocycles. The van der Waals surface area contributed by atoms with Crippen LogP contribution in [0.1, 0.15) is 74.8 Å². The lowest BCUT2D eigenvalue weighted by Crippen LogP contribution is -2.37. The van der Waals surface area contributed by atoms with Crippen LogP contribution < -0.4 is 5.32 Å². The van der Waals surface area contributed by atoms with Crippen LogP contribution in [0.3, 0.4) is 0 Å². The molecular weight excluding hydrogens is 330 g/mol. The van der Waals surface area contributed by atoms with Gasteiger partial charge in [0.25, 0.3) is 0 Å². The predicted octanol–water partition coefficient (Wildman–Crippen LogP) is 5.84. The Labute approximate surface area is 135 Å². The maximum absolute atomic E-state index is 3.97. The summed E-state index contributed by atoms with van der Waals surface area (Å²) in [6, 6.07) is 3.62. The minimum atomic E-state index is 0.597. The molecule has 0 amide bonds. The summed E-state index contributed by atoms with van der Waals surface area (Å²) in [4.78, 5) is 1.61. The van der Waals surface area contributed by atoms with Gasteiger partial charge in [-0.15, -0.1) is 11.3 Å². The zero-order valence-electron chi connectivity index (χ0n) is 12.5. The van der Waals surface area contributed by atoms with E-state index in [1.165, 1.54) is 61.6 Å². The van der Waals surface area contributed by atoms with Crippen LogP contribution in [-0.2, 0) is 6.42 Å². The minimum absolute atomic E-state index is 0.597. The Balaban J connectivity index is 1.65. The topological polar surface area (TPSA) is 12.0 Å². The molecule has 112 valence electrons. The fourth-order valence-corrected chi connectivity index (χ4v) is 5.78. The lowest BCUT2D eigenvalue weighted by atomic mass is 9.89. The second kappa shape index (κ2) is 6.93.